The van der Waals surface area contributed by atoms with Gasteiger partial charge in [-0.25, -0.2) is 4.39 Å². The Morgan fingerprint density at radius 1 is 1.47 bits per heavy atom. The van der Waals surface area contributed by atoms with E-state index < -0.39 is 5.82 Å². The molecule has 0 bridgehead atoms. The molecule has 0 fully saturated rings. The molecule has 0 aromatic heterocycles. The summed E-state index contributed by atoms with van der Waals surface area (Å²) in [6.45, 7) is 2.00. The van der Waals surface area contributed by atoms with Crippen molar-refractivity contribution in [3.63, 3.8) is 0 Å². The van der Waals surface area contributed by atoms with E-state index >= 15 is 0 Å². The van der Waals surface area contributed by atoms with E-state index in [2.05, 4.69) is 10.3 Å². The maximum atomic E-state index is 13.4. The monoisotopic (exact) mass is 215 g/mol. The summed E-state index contributed by atoms with van der Waals surface area (Å²) < 4.78 is 18.1. The Morgan fingerprint density at radius 3 is 2.67 bits per heavy atom. The minimum atomic E-state index is -0.589. The van der Waals surface area contributed by atoms with Gasteiger partial charge in [-0.15, -0.1) is 0 Å². The first-order chi connectivity index (χ1) is 7.11. The second-order valence-electron chi connectivity index (χ2n) is 3.05. The van der Waals surface area contributed by atoms with Gasteiger partial charge in [0.1, 0.15) is 0 Å². The van der Waals surface area contributed by atoms with Crippen molar-refractivity contribution in [2.45, 2.75) is 13.5 Å². The number of phenolic OH excluding ortho intramolecular Hbond substituents is 1. The van der Waals surface area contributed by atoms with Crippen LogP contribution in [0.15, 0.2) is 6.07 Å². The highest BCUT2D eigenvalue weighted by Crippen LogP contribution is 2.34. The van der Waals surface area contributed by atoms with Gasteiger partial charge < -0.3 is 14.7 Å². The molecule has 0 spiro atoms. The fourth-order valence-electron chi connectivity index (χ4n) is 1.29. The number of aromatic hydroxyl groups is 1. The van der Waals surface area contributed by atoms with Crippen molar-refractivity contribution < 1.29 is 19.1 Å². The van der Waals surface area contributed by atoms with Crippen molar-refractivity contribution in [1.29, 1.82) is 0 Å². The molecular formula is C10H14FNO3. The van der Waals surface area contributed by atoms with Crippen molar-refractivity contribution >= 4 is 0 Å². The van der Waals surface area contributed by atoms with Gasteiger partial charge in [0.05, 0.1) is 14.2 Å². The van der Waals surface area contributed by atoms with Crippen LogP contribution in [-0.4, -0.2) is 19.3 Å². The number of hydroxylamine groups is 1. The summed E-state index contributed by atoms with van der Waals surface area (Å²) in [6, 6.07) is 1.31. The summed E-state index contributed by atoms with van der Waals surface area (Å²) in [7, 11) is 2.78. The highest BCUT2D eigenvalue weighted by atomic mass is 19.1. The molecule has 0 aliphatic heterocycles. The second-order valence-corrected chi connectivity index (χ2v) is 3.05. The maximum Gasteiger partial charge on any atom is 0.196 e. The lowest BCUT2D eigenvalue weighted by Crippen LogP contribution is -2.12. The molecule has 0 saturated heterocycles. The van der Waals surface area contributed by atoms with Crippen LogP contribution in [0.1, 0.15) is 11.1 Å². The van der Waals surface area contributed by atoms with Gasteiger partial charge in [-0.2, -0.15) is 5.48 Å². The summed E-state index contributed by atoms with van der Waals surface area (Å²) in [6.07, 6.45) is 0. The number of halogens is 1. The van der Waals surface area contributed by atoms with Gasteiger partial charge in [-0.3, -0.25) is 0 Å². The van der Waals surface area contributed by atoms with Crippen LogP contribution in [-0.2, 0) is 11.4 Å². The molecule has 0 heterocycles. The highest BCUT2D eigenvalue weighted by molar-refractivity contribution is 5.49. The number of methoxy groups -OCH3 is 1. The van der Waals surface area contributed by atoms with E-state index in [1.165, 1.54) is 20.3 Å². The zero-order valence-electron chi connectivity index (χ0n) is 8.93. The van der Waals surface area contributed by atoms with Gasteiger partial charge in [0.2, 0.25) is 0 Å². The maximum absolute atomic E-state index is 13.4. The molecule has 2 N–H and O–H groups in total. The SMILES string of the molecule is CONCc1cc(F)c(OC)c(O)c1C. The Morgan fingerprint density at radius 2 is 2.13 bits per heavy atom. The average molecular weight is 215 g/mol. The third-order valence-corrected chi connectivity index (χ3v) is 2.18. The Bertz CT molecular complexity index is 355. The molecule has 4 nitrogen and oxygen atoms in total. The summed E-state index contributed by atoms with van der Waals surface area (Å²) in [5.41, 5.74) is 3.76. The van der Waals surface area contributed by atoms with Crippen molar-refractivity contribution in [2.24, 2.45) is 0 Å². The number of benzene rings is 1. The standard InChI is InChI=1S/C10H14FNO3/c1-6-7(5-12-15-3)4-8(11)10(14-2)9(6)13/h4,12-13H,5H2,1-3H3. The lowest BCUT2D eigenvalue weighted by atomic mass is 10.1. The first-order valence-corrected chi connectivity index (χ1v) is 4.42. The van der Waals surface area contributed by atoms with E-state index in [0.29, 0.717) is 17.7 Å². The van der Waals surface area contributed by atoms with Crippen LogP contribution in [0, 0.1) is 12.7 Å². The Labute approximate surface area is 87.6 Å². The van der Waals surface area contributed by atoms with Crippen LogP contribution in [0.4, 0.5) is 4.39 Å². The first-order valence-electron chi connectivity index (χ1n) is 4.42. The van der Waals surface area contributed by atoms with Crippen LogP contribution in [0.2, 0.25) is 0 Å². The zero-order valence-corrected chi connectivity index (χ0v) is 8.93. The summed E-state index contributed by atoms with van der Waals surface area (Å²) in [4.78, 5) is 4.65. The molecule has 0 unspecified atom stereocenters. The molecule has 1 aromatic rings. The van der Waals surface area contributed by atoms with E-state index in [1.807, 2.05) is 0 Å². The molecule has 84 valence electrons. The van der Waals surface area contributed by atoms with Crippen molar-refractivity contribution in [3.05, 3.63) is 23.0 Å². The summed E-state index contributed by atoms with van der Waals surface area (Å²) in [5, 5.41) is 9.62. The van der Waals surface area contributed by atoms with Gasteiger partial charge in [0.25, 0.3) is 0 Å². The smallest absolute Gasteiger partial charge is 0.196 e. The van der Waals surface area contributed by atoms with Gasteiger partial charge in [-0.1, -0.05) is 0 Å². The molecule has 0 atom stereocenters. The Kier molecular flexibility index (Phi) is 3.88. The second kappa shape index (κ2) is 4.95. The molecule has 1 rings (SSSR count). The largest absolute Gasteiger partial charge is 0.504 e. The molecule has 1 aromatic carbocycles. The van der Waals surface area contributed by atoms with E-state index in [0.717, 1.165) is 0 Å². The summed E-state index contributed by atoms with van der Waals surface area (Å²) in [5.74, 6) is -0.896. The number of nitrogens with one attached hydrogen (secondary N) is 1. The van der Waals surface area contributed by atoms with Crippen LogP contribution in [0.25, 0.3) is 0 Å². The Balaban J connectivity index is 3.10. The first kappa shape index (κ1) is 11.7. The van der Waals surface area contributed by atoms with Gasteiger partial charge in [-0.05, 0) is 24.1 Å². The van der Waals surface area contributed by atoms with Crippen molar-refractivity contribution in [3.8, 4) is 11.5 Å². The fraction of sp³-hybridized carbons (Fsp3) is 0.400. The topological polar surface area (TPSA) is 50.7 Å². The quantitative estimate of drug-likeness (QED) is 0.747. The Hall–Kier alpha value is -1.33. The number of hydrogen-bond donors (Lipinski definition) is 2. The lowest BCUT2D eigenvalue weighted by Gasteiger charge is -2.12. The number of rotatable bonds is 4. The van der Waals surface area contributed by atoms with Crippen molar-refractivity contribution in [2.75, 3.05) is 14.2 Å². The van der Waals surface area contributed by atoms with E-state index in [9.17, 15) is 9.50 Å². The number of ether oxygens (including phenoxy) is 1. The minimum Gasteiger partial charge on any atom is -0.504 e. The lowest BCUT2D eigenvalue weighted by molar-refractivity contribution is 0.0864. The molecule has 15 heavy (non-hydrogen) atoms. The van der Waals surface area contributed by atoms with Crippen LogP contribution in [0.3, 0.4) is 0 Å². The van der Waals surface area contributed by atoms with Gasteiger partial charge in [0.15, 0.2) is 17.3 Å². The predicted molar refractivity (Wildman–Crippen MR) is 53.2 cm³/mol. The molecule has 0 aliphatic carbocycles. The molecular weight excluding hydrogens is 201 g/mol. The van der Waals surface area contributed by atoms with E-state index in [1.54, 1.807) is 6.92 Å². The van der Waals surface area contributed by atoms with Gasteiger partial charge >= 0.3 is 0 Å². The average Bonchev–Trinajstić information content (AvgIpc) is 2.22. The van der Waals surface area contributed by atoms with Crippen molar-refractivity contribution in [1.82, 2.24) is 5.48 Å². The highest BCUT2D eigenvalue weighted by Gasteiger charge is 2.15. The number of phenols is 1. The third-order valence-electron chi connectivity index (χ3n) is 2.18. The zero-order chi connectivity index (χ0) is 11.4. The summed E-state index contributed by atoms with van der Waals surface area (Å²) >= 11 is 0. The number of hydrogen-bond acceptors (Lipinski definition) is 4. The molecule has 0 radical (unpaired) electrons. The van der Waals surface area contributed by atoms with Crippen LogP contribution < -0.4 is 10.2 Å². The third kappa shape index (κ3) is 2.37. The molecule has 0 aliphatic rings. The molecule has 0 amide bonds. The normalized spacial score (nSPS) is 10.4. The van der Waals surface area contributed by atoms with E-state index in [4.69, 9.17) is 4.74 Å². The fourth-order valence-corrected chi connectivity index (χ4v) is 1.29. The molecule has 5 heteroatoms. The van der Waals surface area contributed by atoms with Crippen LogP contribution >= 0.6 is 0 Å². The van der Waals surface area contributed by atoms with Gasteiger partial charge in [0, 0.05) is 6.54 Å². The van der Waals surface area contributed by atoms with Crippen LogP contribution in [0.5, 0.6) is 11.5 Å². The minimum absolute atomic E-state index is 0.131. The predicted octanol–water partition coefficient (Wildman–Crippen LogP) is 1.50. The molecule has 0 saturated carbocycles. The van der Waals surface area contributed by atoms with E-state index in [-0.39, 0.29) is 11.5 Å².